The largest absolute Gasteiger partial charge is 0.339 e. The fourth-order valence-electron chi connectivity index (χ4n) is 4.06. The number of hydrogen-bond acceptors (Lipinski definition) is 6. The lowest BCUT2D eigenvalue weighted by molar-refractivity contribution is -0.120. The summed E-state index contributed by atoms with van der Waals surface area (Å²) in [5.41, 5.74) is 3.06. The fourth-order valence-corrected chi connectivity index (χ4v) is 5.84. The summed E-state index contributed by atoms with van der Waals surface area (Å²) in [5.74, 6) is 0.177. The van der Waals surface area contributed by atoms with E-state index in [1.54, 1.807) is 32.0 Å². The molecule has 1 atom stereocenters. The number of piperidine rings is 1. The van der Waals surface area contributed by atoms with Crippen molar-refractivity contribution in [1.29, 1.82) is 0 Å². The Labute approximate surface area is 194 Å². The van der Waals surface area contributed by atoms with Gasteiger partial charge in [0.2, 0.25) is 27.6 Å². The van der Waals surface area contributed by atoms with E-state index in [2.05, 4.69) is 22.4 Å². The van der Waals surface area contributed by atoms with Crippen molar-refractivity contribution in [3.63, 3.8) is 0 Å². The molecule has 1 aliphatic rings. The number of carbonyl (C=O) groups excluding carboxylic acids is 1. The molecule has 1 saturated heterocycles. The maximum atomic E-state index is 13.5. The molecule has 0 bridgehead atoms. The second-order valence-corrected chi connectivity index (χ2v) is 10.3. The number of benzene rings is 2. The van der Waals surface area contributed by atoms with E-state index < -0.39 is 15.9 Å². The standard InChI is InChI=1S/C24H28N4O4S/c1-4-18-7-5-9-21(13-18)26-24(29)20-8-6-12-28(15-20)33(30,31)22-14-19(11-10-16(22)2)23-25-17(3)32-27-23/h5,7,9-11,13-14,20H,4,6,8,12,15H2,1-3H3,(H,26,29). The highest BCUT2D eigenvalue weighted by molar-refractivity contribution is 7.89. The van der Waals surface area contributed by atoms with Crippen LogP contribution in [0.5, 0.6) is 0 Å². The van der Waals surface area contributed by atoms with Gasteiger partial charge < -0.3 is 9.84 Å². The highest BCUT2D eigenvalue weighted by atomic mass is 32.2. The average molecular weight is 469 g/mol. The van der Waals surface area contributed by atoms with E-state index >= 15 is 0 Å². The number of anilines is 1. The van der Waals surface area contributed by atoms with Gasteiger partial charge in [0, 0.05) is 31.3 Å². The van der Waals surface area contributed by atoms with E-state index in [4.69, 9.17) is 4.52 Å². The molecule has 4 rings (SSSR count). The zero-order valence-corrected chi connectivity index (χ0v) is 19.9. The zero-order valence-electron chi connectivity index (χ0n) is 19.0. The molecule has 1 aromatic heterocycles. The summed E-state index contributed by atoms with van der Waals surface area (Å²) in [6.07, 6.45) is 2.14. The third-order valence-corrected chi connectivity index (χ3v) is 7.96. The third kappa shape index (κ3) is 4.99. The van der Waals surface area contributed by atoms with Crippen molar-refractivity contribution in [2.24, 2.45) is 5.92 Å². The third-order valence-electron chi connectivity index (χ3n) is 5.95. The molecule has 0 spiro atoms. The van der Waals surface area contributed by atoms with Gasteiger partial charge in [0.15, 0.2) is 0 Å². The van der Waals surface area contributed by atoms with E-state index in [1.807, 2.05) is 24.3 Å². The summed E-state index contributed by atoms with van der Waals surface area (Å²) in [6, 6.07) is 12.8. The molecular weight excluding hydrogens is 440 g/mol. The van der Waals surface area contributed by atoms with Crippen LogP contribution in [0.1, 0.15) is 36.8 Å². The number of rotatable bonds is 6. The van der Waals surface area contributed by atoms with Crippen LogP contribution < -0.4 is 5.32 Å². The molecule has 2 heterocycles. The second-order valence-electron chi connectivity index (χ2n) is 8.36. The van der Waals surface area contributed by atoms with Crippen LogP contribution in [0.3, 0.4) is 0 Å². The van der Waals surface area contributed by atoms with Crippen LogP contribution >= 0.6 is 0 Å². The molecule has 1 fully saturated rings. The zero-order chi connectivity index (χ0) is 23.6. The van der Waals surface area contributed by atoms with Gasteiger partial charge in [-0.25, -0.2) is 8.42 Å². The Hall–Kier alpha value is -3.04. The van der Waals surface area contributed by atoms with Gasteiger partial charge in [0.1, 0.15) is 0 Å². The van der Waals surface area contributed by atoms with E-state index in [1.165, 1.54) is 4.31 Å². The Morgan fingerprint density at radius 1 is 1.21 bits per heavy atom. The predicted molar refractivity (Wildman–Crippen MR) is 125 cm³/mol. The number of nitrogens with one attached hydrogen (secondary N) is 1. The normalized spacial score (nSPS) is 17.1. The van der Waals surface area contributed by atoms with Crippen molar-refractivity contribution in [2.45, 2.75) is 44.9 Å². The van der Waals surface area contributed by atoms with Gasteiger partial charge in [-0.1, -0.05) is 36.3 Å². The summed E-state index contributed by atoms with van der Waals surface area (Å²) in [7, 11) is -3.80. The van der Waals surface area contributed by atoms with Crippen molar-refractivity contribution in [3.05, 3.63) is 59.5 Å². The Bertz CT molecular complexity index is 1270. The topological polar surface area (TPSA) is 105 Å². The minimum atomic E-state index is -3.80. The van der Waals surface area contributed by atoms with Crippen LogP contribution in [0.25, 0.3) is 11.4 Å². The van der Waals surface area contributed by atoms with E-state index in [9.17, 15) is 13.2 Å². The van der Waals surface area contributed by atoms with Crippen molar-refractivity contribution < 1.29 is 17.7 Å². The summed E-state index contributed by atoms with van der Waals surface area (Å²) in [5, 5.41) is 6.85. The van der Waals surface area contributed by atoms with Gasteiger partial charge in [-0.15, -0.1) is 0 Å². The number of sulfonamides is 1. The molecule has 33 heavy (non-hydrogen) atoms. The van der Waals surface area contributed by atoms with E-state index in [0.29, 0.717) is 42.2 Å². The van der Waals surface area contributed by atoms with Crippen LogP contribution in [0.4, 0.5) is 5.69 Å². The molecule has 0 aliphatic carbocycles. The first-order chi connectivity index (χ1) is 15.8. The Kier molecular flexibility index (Phi) is 6.62. The van der Waals surface area contributed by atoms with Crippen molar-refractivity contribution in [1.82, 2.24) is 14.4 Å². The van der Waals surface area contributed by atoms with Gasteiger partial charge in [0.05, 0.1) is 10.8 Å². The number of carbonyl (C=O) groups is 1. The molecule has 1 aliphatic heterocycles. The maximum absolute atomic E-state index is 13.5. The molecule has 2 aromatic carbocycles. The van der Waals surface area contributed by atoms with E-state index in [0.717, 1.165) is 17.7 Å². The summed E-state index contributed by atoms with van der Waals surface area (Å²) >= 11 is 0. The number of amides is 1. The second kappa shape index (κ2) is 9.44. The maximum Gasteiger partial charge on any atom is 0.243 e. The highest BCUT2D eigenvalue weighted by Crippen LogP contribution is 2.29. The first-order valence-corrected chi connectivity index (χ1v) is 12.5. The number of aromatic nitrogens is 2. The van der Waals surface area contributed by atoms with Crippen LogP contribution in [0.2, 0.25) is 0 Å². The van der Waals surface area contributed by atoms with Gasteiger partial charge in [-0.2, -0.15) is 9.29 Å². The first-order valence-electron chi connectivity index (χ1n) is 11.1. The van der Waals surface area contributed by atoms with Crippen LogP contribution in [-0.4, -0.2) is 41.9 Å². The lowest BCUT2D eigenvalue weighted by atomic mass is 9.98. The molecular formula is C24H28N4O4S. The Balaban J connectivity index is 1.54. The molecule has 1 N–H and O–H groups in total. The molecule has 0 saturated carbocycles. The lowest BCUT2D eigenvalue weighted by Gasteiger charge is -2.31. The molecule has 8 nitrogen and oxygen atoms in total. The van der Waals surface area contributed by atoms with Crippen molar-refractivity contribution in [2.75, 3.05) is 18.4 Å². The predicted octanol–water partition coefficient (Wildman–Crippen LogP) is 3.96. The van der Waals surface area contributed by atoms with Crippen molar-refractivity contribution >= 4 is 21.6 Å². The highest BCUT2D eigenvalue weighted by Gasteiger charge is 2.34. The first kappa shape index (κ1) is 23.1. The molecule has 0 radical (unpaired) electrons. The van der Waals surface area contributed by atoms with E-state index in [-0.39, 0.29) is 17.3 Å². The van der Waals surface area contributed by atoms with Gasteiger partial charge in [-0.3, -0.25) is 4.79 Å². The van der Waals surface area contributed by atoms with Crippen LogP contribution in [-0.2, 0) is 21.2 Å². The Morgan fingerprint density at radius 3 is 2.76 bits per heavy atom. The van der Waals surface area contributed by atoms with Crippen molar-refractivity contribution in [3.8, 4) is 11.4 Å². The summed E-state index contributed by atoms with van der Waals surface area (Å²) in [6.45, 7) is 6.02. The minimum Gasteiger partial charge on any atom is -0.339 e. The molecule has 9 heteroatoms. The minimum absolute atomic E-state index is 0.145. The molecule has 1 amide bonds. The smallest absolute Gasteiger partial charge is 0.243 e. The average Bonchev–Trinajstić information content (AvgIpc) is 3.25. The quantitative estimate of drug-likeness (QED) is 0.587. The van der Waals surface area contributed by atoms with Crippen LogP contribution in [0, 0.1) is 19.8 Å². The Morgan fingerprint density at radius 2 is 2.03 bits per heavy atom. The van der Waals surface area contributed by atoms with Gasteiger partial charge >= 0.3 is 0 Å². The summed E-state index contributed by atoms with van der Waals surface area (Å²) < 4.78 is 33.5. The fraction of sp³-hybridized carbons (Fsp3) is 0.375. The number of nitrogens with zero attached hydrogens (tertiary/aromatic N) is 3. The molecule has 174 valence electrons. The lowest BCUT2D eigenvalue weighted by Crippen LogP contribution is -2.43. The summed E-state index contributed by atoms with van der Waals surface area (Å²) in [4.78, 5) is 17.3. The van der Waals surface area contributed by atoms with Gasteiger partial charge in [0.25, 0.3) is 0 Å². The molecule has 1 unspecified atom stereocenters. The SMILES string of the molecule is CCc1cccc(NC(=O)C2CCCN(S(=O)(=O)c3cc(-c4noc(C)n4)ccc3C)C2)c1. The number of aryl methyl sites for hydroxylation is 3. The van der Waals surface area contributed by atoms with Crippen LogP contribution in [0.15, 0.2) is 51.9 Å². The van der Waals surface area contributed by atoms with Gasteiger partial charge in [-0.05, 0) is 55.5 Å². The number of hydrogen-bond donors (Lipinski definition) is 1. The monoisotopic (exact) mass is 468 g/mol. The molecule has 3 aromatic rings.